The summed E-state index contributed by atoms with van der Waals surface area (Å²) < 4.78 is 5.96. The van der Waals surface area contributed by atoms with Crippen LogP contribution in [0.5, 0.6) is 0 Å². The predicted octanol–water partition coefficient (Wildman–Crippen LogP) is 3.55. The molecule has 1 saturated heterocycles. The normalized spacial score (nSPS) is 30.5. The van der Waals surface area contributed by atoms with Crippen molar-refractivity contribution < 1.29 is 24.9 Å². The van der Waals surface area contributed by atoms with E-state index >= 15 is 0 Å². The molecule has 1 heterocycles. The number of nitriles is 1. The molecule has 1 aliphatic carbocycles. The molecule has 6 heteroatoms. The number of aliphatic carboxylic acids is 1. The summed E-state index contributed by atoms with van der Waals surface area (Å²) in [6.07, 6.45) is 7.65. The number of carbonyl (C=O) groups is 1. The van der Waals surface area contributed by atoms with Gasteiger partial charge in [0.15, 0.2) is 0 Å². The Balaban J connectivity index is 2.00. The highest BCUT2D eigenvalue weighted by Gasteiger charge is 2.47. The van der Waals surface area contributed by atoms with Gasteiger partial charge in [-0.15, -0.1) is 0 Å². The van der Waals surface area contributed by atoms with Gasteiger partial charge in [-0.3, -0.25) is 4.79 Å². The zero-order chi connectivity index (χ0) is 20.7. The summed E-state index contributed by atoms with van der Waals surface area (Å²) in [4.78, 5) is 10.7. The predicted molar refractivity (Wildman–Crippen MR) is 105 cm³/mol. The maximum atomic E-state index is 10.7. The molecule has 28 heavy (non-hydrogen) atoms. The van der Waals surface area contributed by atoms with E-state index in [0.717, 1.165) is 19.3 Å². The number of carboxylic acid groups (broad SMARTS) is 1. The molecule has 2 rings (SSSR count). The minimum absolute atomic E-state index is 0.0312. The van der Waals surface area contributed by atoms with Gasteiger partial charge >= 0.3 is 5.97 Å². The quantitative estimate of drug-likeness (QED) is 0.388. The fourth-order valence-electron chi connectivity index (χ4n) is 4.22. The van der Waals surface area contributed by atoms with Crippen LogP contribution in [0.25, 0.3) is 0 Å². The van der Waals surface area contributed by atoms with E-state index in [4.69, 9.17) is 9.84 Å². The van der Waals surface area contributed by atoms with Gasteiger partial charge in [-0.2, -0.15) is 5.26 Å². The first-order valence-electron chi connectivity index (χ1n) is 10.4. The molecule has 6 atom stereocenters. The fourth-order valence-corrected chi connectivity index (χ4v) is 4.22. The Morgan fingerprint density at radius 2 is 2.14 bits per heavy atom. The molecule has 3 N–H and O–H groups in total. The molecule has 0 aromatic rings. The molecule has 1 aliphatic heterocycles. The van der Waals surface area contributed by atoms with Crippen LogP contribution >= 0.6 is 0 Å². The molecule has 0 radical (unpaired) electrons. The van der Waals surface area contributed by atoms with Gasteiger partial charge in [0, 0.05) is 31.1 Å². The van der Waals surface area contributed by atoms with Crippen LogP contribution in [-0.4, -0.2) is 39.6 Å². The second kappa shape index (κ2) is 10.6. The zero-order valence-corrected chi connectivity index (χ0v) is 16.9. The zero-order valence-electron chi connectivity index (χ0n) is 16.9. The molecule has 1 saturated carbocycles. The summed E-state index contributed by atoms with van der Waals surface area (Å²) in [6.45, 7) is 4.17. The van der Waals surface area contributed by atoms with Crippen molar-refractivity contribution in [3.8, 4) is 6.07 Å². The van der Waals surface area contributed by atoms with Crippen LogP contribution in [0, 0.1) is 29.1 Å². The number of carboxylic acids is 1. The minimum atomic E-state index is -0.869. The molecular formula is C22H33NO5. The number of nitrogens with zero attached hydrogens (tertiary/aromatic N) is 1. The van der Waals surface area contributed by atoms with E-state index in [-0.39, 0.29) is 30.3 Å². The molecule has 0 aromatic heterocycles. The number of aliphatic hydroxyl groups excluding tert-OH is 2. The number of hydrogen-bond donors (Lipinski definition) is 3. The number of fused-ring (bicyclic) bond motifs is 1. The Kier molecular flexibility index (Phi) is 8.53. The van der Waals surface area contributed by atoms with Gasteiger partial charge in [0.1, 0.15) is 11.9 Å². The lowest BCUT2D eigenvalue weighted by molar-refractivity contribution is -0.137. The Morgan fingerprint density at radius 3 is 2.79 bits per heavy atom. The SMILES string of the molecule is CCCCC(C)[C@H](O)C=C[C@H]1C(O)C[C@@H]2OC(=C(C#N)CCCC(=O)O)C[C@@H]21. The van der Waals surface area contributed by atoms with Crippen molar-refractivity contribution >= 4 is 5.97 Å². The molecule has 2 aliphatic rings. The second-order valence-corrected chi connectivity index (χ2v) is 8.16. The van der Waals surface area contributed by atoms with Crippen molar-refractivity contribution in [1.82, 2.24) is 0 Å². The van der Waals surface area contributed by atoms with Gasteiger partial charge in [-0.1, -0.05) is 38.8 Å². The van der Waals surface area contributed by atoms with Crippen molar-refractivity contribution in [2.45, 2.75) is 83.5 Å². The number of unbranched alkanes of at least 4 members (excludes halogenated alkanes) is 1. The molecule has 0 spiro atoms. The lowest BCUT2D eigenvalue weighted by Crippen LogP contribution is -2.20. The van der Waals surface area contributed by atoms with Crippen LogP contribution in [0.1, 0.15) is 65.2 Å². The monoisotopic (exact) mass is 391 g/mol. The Bertz CT molecular complexity index is 635. The lowest BCUT2D eigenvalue weighted by atomic mass is 9.89. The Morgan fingerprint density at radius 1 is 1.39 bits per heavy atom. The van der Waals surface area contributed by atoms with Crippen LogP contribution in [0.2, 0.25) is 0 Å². The average Bonchev–Trinajstić information content (AvgIpc) is 3.18. The summed E-state index contributed by atoms with van der Waals surface area (Å²) in [5.41, 5.74) is 0.515. The number of ether oxygens (including phenoxy) is 1. The molecule has 2 fully saturated rings. The van der Waals surface area contributed by atoms with Gasteiger partial charge in [0.25, 0.3) is 0 Å². The van der Waals surface area contributed by atoms with Crippen molar-refractivity contribution in [1.29, 1.82) is 5.26 Å². The molecule has 0 amide bonds. The Labute approximate surface area is 167 Å². The molecule has 2 unspecified atom stereocenters. The standard InChI is InChI=1S/C22H33NO5/c1-3-4-6-14(2)18(24)10-9-16-17-11-20(28-21(17)12-19(16)25)15(13-23)7-5-8-22(26)27/h9-10,14,16-19,21,24-25H,3-8,11-12H2,1-2H3,(H,26,27)/t14?,16-,17-,18-,19?,21+/m1/s1. The van der Waals surface area contributed by atoms with E-state index in [1.54, 1.807) is 6.08 Å². The number of aliphatic hydroxyl groups is 2. The third kappa shape index (κ3) is 5.83. The van der Waals surface area contributed by atoms with Gasteiger partial charge in [-0.25, -0.2) is 0 Å². The van der Waals surface area contributed by atoms with E-state index in [0.29, 0.717) is 37.0 Å². The van der Waals surface area contributed by atoms with Crippen LogP contribution in [0.3, 0.4) is 0 Å². The largest absolute Gasteiger partial charge is 0.493 e. The van der Waals surface area contributed by atoms with Crippen molar-refractivity contribution in [3.63, 3.8) is 0 Å². The summed E-state index contributed by atoms with van der Waals surface area (Å²) in [7, 11) is 0. The minimum Gasteiger partial charge on any atom is -0.493 e. The number of rotatable bonds is 10. The van der Waals surface area contributed by atoms with Gasteiger partial charge in [0.05, 0.1) is 23.9 Å². The summed E-state index contributed by atoms with van der Waals surface area (Å²) in [5, 5.41) is 38.9. The summed E-state index contributed by atoms with van der Waals surface area (Å²) in [5.74, 6) is -0.0615. The molecule has 0 bridgehead atoms. The highest BCUT2D eigenvalue weighted by molar-refractivity contribution is 5.66. The molecule has 6 nitrogen and oxygen atoms in total. The van der Waals surface area contributed by atoms with Crippen LogP contribution in [0.4, 0.5) is 0 Å². The highest BCUT2D eigenvalue weighted by atomic mass is 16.5. The van der Waals surface area contributed by atoms with Gasteiger partial charge in [0.2, 0.25) is 0 Å². The van der Waals surface area contributed by atoms with Crippen molar-refractivity contribution in [2.75, 3.05) is 0 Å². The first kappa shape index (κ1) is 22.4. The van der Waals surface area contributed by atoms with Gasteiger partial charge < -0.3 is 20.1 Å². The number of hydrogen-bond acceptors (Lipinski definition) is 5. The maximum absolute atomic E-state index is 10.7. The van der Waals surface area contributed by atoms with Crippen molar-refractivity contribution in [2.24, 2.45) is 17.8 Å². The van der Waals surface area contributed by atoms with Gasteiger partial charge in [-0.05, 0) is 25.2 Å². The van der Waals surface area contributed by atoms with E-state index in [2.05, 4.69) is 13.0 Å². The smallest absolute Gasteiger partial charge is 0.303 e. The Hall–Kier alpha value is -1.84. The highest BCUT2D eigenvalue weighted by Crippen LogP contribution is 2.46. The number of allylic oxidation sites excluding steroid dienone is 2. The van der Waals surface area contributed by atoms with Crippen LogP contribution in [0.15, 0.2) is 23.5 Å². The third-order valence-corrected chi connectivity index (χ3v) is 6.02. The average molecular weight is 392 g/mol. The summed E-state index contributed by atoms with van der Waals surface area (Å²) in [6, 6.07) is 2.16. The topological polar surface area (TPSA) is 111 Å². The summed E-state index contributed by atoms with van der Waals surface area (Å²) >= 11 is 0. The molecular weight excluding hydrogens is 358 g/mol. The van der Waals surface area contributed by atoms with Crippen LogP contribution in [-0.2, 0) is 9.53 Å². The maximum Gasteiger partial charge on any atom is 0.303 e. The third-order valence-electron chi connectivity index (χ3n) is 6.02. The van der Waals surface area contributed by atoms with E-state index < -0.39 is 18.2 Å². The fraction of sp³-hybridized carbons (Fsp3) is 0.727. The van der Waals surface area contributed by atoms with Crippen molar-refractivity contribution in [3.05, 3.63) is 23.5 Å². The van der Waals surface area contributed by atoms with Crippen LogP contribution < -0.4 is 0 Å². The molecule has 156 valence electrons. The molecule has 0 aromatic carbocycles. The van der Waals surface area contributed by atoms with E-state index in [1.165, 1.54) is 0 Å². The second-order valence-electron chi connectivity index (χ2n) is 8.16. The van der Waals surface area contributed by atoms with E-state index in [1.807, 2.05) is 13.0 Å². The lowest BCUT2D eigenvalue weighted by Gasteiger charge is -2.18. The first-order valence-corrected chi connectivity index (χ1v) is 10.4. The first-order chi connectivity index (χ1) is 13.4. The van der Waals surface area contributed by atoms with E-state index in [9.17, 15) is 20.3 Å².